The lowest BCUT2D eigenvalue weighted by Gasteiger charge is -2.13. The number of anilines is 2. The van der Waals surface area contributed by atoms with Gasteiger partial charge in [0.05, 0.1) is 20.0 Å². The van der Waals surface area contributed by atoms with E-state index in [1.807, 2.05) is 43.3 Å². The highest BCUT2D eigenvalue weighted by Gasteiger charge is 2.18. The quantitative estimate of drug-likeness (QED) is 0.486. The van der Waals surface area contributed by atoms with Crippen molar-refractivity contribution in [3.05, 3.63) is 77.9 Å². The first kappa shape index (κ1) is 22.2. The van der Waals surface area contributed by atoms with E-state index in [1.165, 1.54) is 26.0 Å². The molecular formula is C24H24N2O4S. The highest BCUT2D eigenvalue weighted by Crippen LogP contribution is 2.29. The Morgan fingerprint density at radius 1 is 0.839 bits per heavy atom. The third kappa shape index (κ3) is 5.79. The van der Waals surface area contributed by atoms with Gasteiger partial charge in [-0.1, -0.05) is 24.3 Å². The third-order valence-corrected chi connectivity index (χ3v) is 5.57. The molecule has 3 aromatic rings. The molecule has 0 atom stereocenters. The van der Waals surface area contributed by atoms with E-state index in [-0.39, 0.29) is 11.8 Å². The van der Waals surface area contributed by atoms with E-state index in [2.05, 4.69) is 10.6 Å². The minimum absolute atomic E-state index is 0.0695. The van der Waals surface area contributed by atoms with Crippen LogP contribution < -0.4 is 20.1 Å². The molecule has 0 bridgehead atoms. The van der Waals surface area contributed by atoms with Gasteiger partial charge in [0.15, 0.2) is 0 Å². The minimum Gasteiger partial charge on any atom is -0.496 e. The first-order valence-corrected chi connectivity index (χ1v) is 10.6. The van der Waals surface area contributed by atoms with E-state index in [4.69, 9.17) is 9.47 Å². The Kier molecular flexibility index (Phi) is 7.56. The predicted octanol–water partition coefficient (Wildman–Crippen LogP) is 5.00. The van der Waals surface area contributed by atoms with Crippen LogP contribution in [-0.2, 0) is 4.79 Å². The maximum Gasteiger partial charge on any atom is 0.263 e. The Morgan fingerprint density at radius 3 is 2.10 bits per heavy atom. The van der Waals surface area contributed by atoms with Crippen LogP contribution in [0.3, 0.4) is 0 Å². The van der Waals surface area contributed by atoms with Crippen molar-refractivity contribution in [2.75, 3.05) is 30.6 Å². The van der Waals surface area contributed by atoms with Crippen LogP contribution in [0.5, 0.6) is 11.5 Å². The van der Waals surface area contributed by atoms with Gasteiger partial charge in [-0.2, -0.15) is 0 Å². The van der Waals surface area contributed by atoms with Gasteiger partial charge in [-0.05, 0) is 55.0 Å². The molecule has 0 aromatic heterocycles. The Labute approximate surface area is 186 Å². The van der Waals surface area contributed by atoms with Crippen LogP contribution in [0.2, 0.25) is 0 Å². The number of para-hydroxylation sites is 1. The maximum absolute atomic E-state index is 12.7. The summed E-state index contributed by atoms with van der Waals surface area (Å²) >= 11 is 1.42. The first-order valence-electron chi connectivity index (χ1n) is 9.62. The van der Waals surface area contributed by atoms with Crippen molar-refractivity contribution in [1.82, 2.24) is 0 Å². The molecule has 3 aromatic carbocycles. The number of carbonyl (C=O) groups is 2. The Bertz CT molecular complexity index is 1050. The Balaban J connectivity index is 1.59. The van der Waals surface area contributed by atoms with Crippen molar-refractivity contribution in [3.8, 4) is 11.5 Å². The Morgan fingerprint density at radius 2 is 1.48 bits per heavy atom. The number of ether oxygens (including phenoxy) is 2. The summed E-state index contributed by atoms with van der Waals surface area (Å²) in [4.78, 5) is 25.9. The third-order valence-electron chi connectivity index (χ3n) is 4.56. The molecule has 0 aliphatic heterocycles. The van der Waals surface area contributed by atoms with Gasteiger partial charge in [0.25, 0.3) is 5.91 Å². The first-order chi connectivity index (χ1) is 15.0. The molecule has 0 unspecified atom stereocenters. The molecule has 3 rings (SSSR count). The number of benzene rings is 3. The average Bonchev–Trinajstić information content (AvgIpc) is 2.79. The molecule has 2 N–H and O–H groups in total. The zero-order valence-electron chi connectivity index (χ0n) is 17.6. The fraction of sp³-hybridized carbons (Fsp3) is 0.167. The molecule has 0 fully saturated rings. The second-order valence-corrected chi connectivity index (χ2v) is 7.72. The molecule has 0 aliphatic carbocycles. The largest absolute Gasteiger partial charge is 0.496 e. The molecule has 0 heterocycles. The summed E-state index contributed by atoms with van der Waals surface area (Å²) in [6.07, 6.45) is 0. The fourth-order valence-electron chi connectivity index (χ4n) is 2.95. The zero-order valence-corrected chi connectivity index (χ0v) is 18.4. The van der Waals surface area contributed by atoms with Crippen LogP contribution in [0.1, 0.15) is 15.9 Å². The van der Waals surface area contributed by atoms with Crippen LogP contribution >= 0.6 is 11.8 Å². The van der Waals surface area contributed by atoms with Gasteiger partial charge in [-0.25, -0.2) is 0 Å². The summed E-state index contributed by atoms with van der Waals surface area (Å²) < 4.78 is 10.6. The van der Waals surface area contributed by atoms with E-state index in [0.717, 1.165) is 16.1 Å². The Hall–Kier alpha value is -3.45. The number of nitrogens with one attached hydrogen (secondary N) is 2. The number of methoxy groups -OCH3 is 2. The lowest BCUT2D eigenvalue weighted by atomic mass is 10.1. The van der Waals surface area contributed by atoms with Crippen LogP contribution in [0.4, 0.5) is 11.4 Å². The van der Waals surface area contributed by atoms with Gasteiger partial charge >= 0.3 is 0 Å². The van der Waals surface area contributed by atoms with E-state index in [0.29, 0.717) is 28.5 Å². The van der Waals surface area contributed by atoms with E-state index >= 15 is 0 Å². The highest BCUT2D eigenvalue weighted by atomic mass is 32.2. The van der Waals surface area contributed by atoms with E-state index in [1.54, 1.807) is 30.3 Å². The summed E-state index contributed by atoms with van der Waals surface area (Å²) in [5, 5.41) is 5.77. The minimum atomic E-state index is -0.327. The molecule has 7 heteroatoms. The summed E-state index contributed by atoms with van der Waals surface area (Å²) in [6.45, 7) is 1.95. The van der Waals surface area contributed by atoms with Crippen molar-refractivity contribution in [2.45, 2.75) is 11.8 Å². The summed E-state index contributed by atoms with van der Waals surface area (Å²) in [6, 6.07) is 20.1. The topological polar surface area (TPSA) is 76.7 Å². The number of thioether (sulfide) groups is 1. The predicted molar refractivity (Wildman–Crippen MR) is 124 cm³/mol. The molecule has 2 amide bonds. The SMILES string of the molecule is COc1cccc(OC)c1C(=O)Nc1ccc(SCC(=O)Nc2ccccc2C)cc1. The molecule has 0 saturated heterocycles. The summed E-state index contributed by atoms with van der Waals surface area (Å²) in [5.74, 6) is 0.762. The molecule has 31 heavy (non-hydrogen) atoms. The van der Waals surface area contributed by atoms with Gasteiger partial charge in [-0.15, -0.1) is 11.8 Å². The second kappa shape index (κ2) is 10.5. The van der Waals surface area contributed by atoms with Crippen molar-refractivity contribution >= 4 is 35.0 Å². The van der Waals surface area contributed by atoms with Crippen molar-refractivity contribution < 1.29 is 19.1 Å². The smallest absolute Gasteiger partial charge is 0.263 e. The lowest BCUT2D eigenvalue weighted by molar-refractivity contribution is -0.113. The van der Waals surface area contributed by atoms with Crippen LogP contribution in [0.15, 0.2) is 71.6 Å². The summed E-state index contributed by atoms with van der Waals surface area (Å²) in [7, 11) is 3.01. The van der Waals surface area contributed by atoms with Gasteiger partial charge < -0.3 is 20.1 Å². The van der Waals surface area contributed by atoms with Gasteiger partial charge in [0.2, 0.25) is 5.91 Å². The lowest BCUT2D eigenvalue weighted by Crippen LogP contribution is -2.15. The number of hydrogen-bond donors (Lipinski definition) is 2. The molecule has 0 aliphatic rings. The fourth-order valence-corrected chi connectivity index (χ4v) is 3.65. The standard InChI is InChI=1S/C24H24N2O4S/c1-16-7-4-5-8-19(16)26-22(27)15-31-18-13-11-17(12-14-18)25-24(28)23-20(29-2)9-6-10-21(23)30-3/h4-14H,15H2,1-3H3,(H,25,28)(H,26,27). The van der Waals surface area contributed by atoms with E-state index < -0.39 is 0 Å². The molecular weight excluding hydrogens is 412 g/mol. The zero-order chi connectivity index (χ0) is 22.2. The normalized spacial score (nSPS) is 10.3. The average molecular weight is 437 g/mol. The van der Waals surface area contributed by atoms with Crippen molar-refractivity contribution in [3.63, 3.8) is 0 Å². The number of carbonyl (C=O) groups excluding carboxylic acids is 2. The van der Waals surface area contributed by atoms with Gasteiger partial charge in [0.1, 0.15) is 17.1 Å². The molecule has 6 nitrogen and oxygen atoms in total. The molecule has 0 radical (unpaired) electrons. The number of rotatable bonds is 8. The van der Waals surface area contributed by atoms with Gasteiger partial charge in [0, 0.05) is 16.3 Å². The summed E-state index contributed by atoms with van der Waals surface area (Å²) in [5.41, 5.74) is 2.80. The van der Waals surface area contributed by atoms with Gasteiger partial charge in [-0.3, -0.25) is 9.59 Å². The molecule has 0 spiro atoms. The molecule has 0 saturated carbocycles. The number of amides is 2. The number of aryl methyl sites for hydroxylation is 1. The van der Waals surface area contributed by atoms with E-state index in [9.17, 15) is 9.59 Å². The van der Waals surface area contributed by atoms with Crippen LogP contribution in [-0.4, -0.2) is 31.8 Å². The number of hydrogen-bond acceptors (Lipinski definition) is 5. The molecule has 160 valence electrons. The maximum atomic E-state index is 12.7. The second-order valence-electron chi connectivity index (χ2n) is 6.67. The van der Waals surface area contributed by atoms with Crippen LogP contribution in [0.25, 0.3) is 0 Å². The monoisotopic (exact) mass is 436 g/mol. The van der Waals surface area contributed by atoms with Crippen molar-refractivity contribution in [1.29, 1.82) is 0 Å². The van der Waals surface area contributed by atoms with Crippen LogP contribution in [0, 0.1) is 6.92 Å². The van der Waals surface area contributed by atoms with Crippen molar-refractivity contribution in [2.24, 2.45) is 0 Å². The highest BCUT2D eigenvalue weighted by molar-refractivity contribution is 8.00.